The second kappa shape index (κ2) is 9.77. The normalized spacial score (nSPS) is 12.4. The van der Waals surface area contributed by atoms with E-state index in [0.717, 1.165) is 12.8 Å². The average Bonchev–Trinajstić information content (AvgIpc) is 2.22. The van der Waals surface area contributed by atoms with Gasteiger partial charge in [0.15, 0.2) is 0 Å². The maximum Gasteiger partial charge on any atom is 0.505 e. The quantitative estimate of drug-likeness (QED) is 0.477. The van der Waals surface area contributed by atoms with Crippen LogP contribution in [0.15, 0.2) is 0 Å². The molecule has 15 heavy (non-hydrogen) atoms. The minimum atomic E-state index is -1.23. The molecule has 0 heterocycles. The van der Waals surface area contributed by atoms with Crippen LogP contribution in [0.25, 0.3) is 0 Å². The summed E-state index contributed by atoms with van der Waals surface area (Å²) in [5, 5.41) is 8.32. The molecule has 0 amide bonds. The van der Waals surface area contributed by atoms with Crippen molar-refractivity contribution in [3.63, 3.8) is 0 Å². The van der Waals surface area contributed by atoms with Crippen LogP contribution in [0.1, 0.15) is 45.4 Å². The van der Waals surface area contributed by atoms with Crippen LogP contribution in [-0.4, -0.2) is 31.1 Å². The van der Waals surface area contributed by atoms with Gasteiger partial charge in [0, 0.05) is 7.11 Å². The van der Waals surface area contributed by atoms with Gasteiger partial charge in [-0.25, -0.2) is 4.79 Å². The lowest BCUT2D eigenvalue weighted by Gasteiger charge is -2.13. The molecular formula is C11H22O4. The van der Waals surface area contributed by atoms with Gasteiger partial charge in [-0.1, -0.05) is 39.0 Å². The van der Waals surface area contributed by atoms with Crippen molar-refractivity contribution in [3.8, 4) is 0 Å². The predicted octanol–water partition coefficient (Wildman–Crippen LogP) is 3.06. The van der Waals surface area contributed by atoms with Gasteiger partial charge in [0.2, 0.25) is 0 Å². The number of methoxy groups -OCH3 is 1. The fourth-order valence-electron chi connectivity index (χ4n) is 1.41. The van der Waals surface area contributed by atoms with Crippen LogP contribution in [-0.2, 0) is 9.47 Å². The number of ether oxygens (including phenoxy) is 2. The fraction of sp³-hybridized carbons (Fsp3) is 0.909. The lowest BCUT2D eigenvalue weighted by atomic mass is 10.1. The molecule has 0 aromatic carbocycles. The van der Waals surface area contributed by atoms with Gasteiger partial charge < -0.3 is 14.6 Å². The number of hydrogen-bond donors (Lipinski definition) is 1. The molecule has 0 aliphatic heterocycles. The van der Waals surface area contributed by atoms with E-state index in [2.05, 4.69) is 11.7 Å². The van der Waals surface area contributed by atoms with Gasteiger partial charge in [0.05, 0.1) is 6.10 Å². The monoisotopic (exact) mass is 218 g/mol. The van der Waals surface area contributed by atoms with E-state index < -0.39 is 6.16 Å². The highest BCUT2D eigenvalue weighted by Crippen LogP contribution is 2.09. The summed E-state index contributed by atoms with van der Waals surface area (Å²) in [5.74, 6) is 0. The number of hydrogen-bond acceptors (Lipinski definition) is 3. The van der Waals surface area contributed by atoms with E-state index in [1.807, 2.05) is 0 Å². The molecular weight excluding hydrogens is 196 g/mol. The van der Waals surface area contributed by atoms with Gasteiger partial charge in [0.25, 0.3) is 0 Å². The van der Waals surface area contributed by atoms with Crippen molar-refractivity contribution in [3.05, 3.63) is 0 Å². The Morgan fingerprint density at radius 2 is 1.93 bits per heavy atom. The minimum absolute atomic E-state index is 0.0947. The Bertz CT molecular complexity index is 159. The third-order valence-electron chi connectivity index (χ3n) is 2.36. The Labute approximate surface area is 91.6 Å². The van der Waals surface area contributed by atoms with Crippen LogP contribution in [0, 0.1) is 0 Å². The van der Waals surface area contributed by atoms with Crippen molar-refractivity contribution < 1.29 is 19.4 Å². The van der Waals surface area contributed by atoms with Crippen LogP contribution in [0.3, 0.4) is 0 Å². The Hall–Kier alpha value is -0.770. The van der Waals surface area contributed by atoms with Crippen molar-refractivity contribution >= 4 is 6.16 Å². The van der Waals surface area contributed by atoms with E-state index in [9.17, 15) is 4.79 Å². The maximum atomic E-state index is 10.2. The minimum Gasteiger partial charge on any atom is -0.450 e. The molecule has 0 bridgehead atoms. The van der Waals surface area contributed by atoms with Crippen LogP contribution in [0.5, 0.6) is 0 Å². The Morgan fingerprint density at radius 1 is 1.27 bits per heavy atom. The van der Waals surface area contributed by atoms with Crippen molar-refractivity contribution in [1.29, 1.82) is 0 Å². The largest absolute Gasteiger partial charge is 0.505 e. The van der Waals surface area contributed by atoms with E-state index >= 15 is 0 Å². The van der Waals surface area contributed by atoms with Crippen LogP contribution in [0.2, 0.25) is 0 Å². The molecule has 0 saturated heterocycles. The second-order valence-electron chi connectivity index (χ2n) is 3.64. The first kappa shape index (κ1) is 14.2. The first-order valence-corrected chi connectivity index (χ1v) is 5.59. The number of carboxylic acid groups (broad SMARTS) is 1. The van der Waals surface area contributed by atoms with Crippen molar-refractivity contribution in [2.24, 2.45) is 0 Å². The van der Waals surface area contributed by atoms with Crippen molar-refractivity contribution in [2.75, 3.05) is 13.7 Å². The first-order valence-electron chi connectivity index (χ1n) is 5.59. The molecule has 0 aromatic heterocycles. The lowest BCUT2D eigenvalue weighted by Crippen LogP contribution is -2.20. The molecule has 90 valence electrons. The van der Waals surface area contributed by atoms with Crippen molar-refractivity contribution in [2.45, 2.75) is 51.6 Å². The molecule has 0 spiro atoms. The molecule has 0 aliphatic carbocycles. The summed E-state index contributed by atoms with van der Waals surface area (Å²) in [6.45, 7) is 2.32. The zero-order valence-corrected chi connectivity index (χ0v) is 9.70. The first-order chi connectivity index (χ1) is 7.20. The van der Waals surface area contributed by atoms with Crippen LogP contribution >= 0.6 is 0 Å². The lowest BCUT2D eigenvalue weighted by molar-refractivity contribution is 0.0118. The molecule has 1 N–H and O–H groups in total. The number of carbonyl (C=O) groups is 1. The second-order valence-corrected chi connectivity index (χ2v) is 3.64. The summed E-state index contributed by atoms with van der Waals surface area (Å²) < 4.78 is 9.58. The molecule has 4 heteroatoms. The molecule has 1 atom stereocenters. The van der Waals surface area contributed by atoms with Gasteiger partial charge in [-0.05, 0) is 6.42 Å². The van der Waals surface area contributed by atoms with E-state index in [0.29, 0.717) is 0 Å². The SMILES string of the molecule is CCCCCCCC(COC(=O)O)OC. The molecule has 0 aromatic rings. The number of rotatable bonds is 9. The molecule has 1 unspecified atom stereocenters. The predicted molar refractivity (Wildman–Crippen MR) is 58.1 cm³/mol. The Kier molecular flexibility index (Phi) is 9.27. The van der Waals surface area contributed by atoms with E-state index in [1.165, 1.54) is 25.7 Å². The summed E-state index contributed by atoms with van der Waals surface area (Å²) in [4.78, 5) is 10.2. The van der Waals surface area contributed by atoms with Gasteiger partial charge >= 0.3 is 6.16 Å². The van der Waals surface area contributed by atoms with Crippen LogP contribution in [0.4, 0.5) is 4.79 Å². The summed E-state index contributed by atoms with van der Waals surface area (Å²) >= 11 is 0. The summed E-state index contributed by atoms with van der Waals surface area (Å²) in [6, 6.07) is 0. The van der Waals surface area contributed by atoms with E-state index in [4.69, 9.17) is 9.84 Å². The fourth-order valence-corrected chi connectivity index (χ4v) is 1.41. The van der Waals surface area contributed by atoms with Gasteiger partial charge in [0.1, 0.15) is 6.61 Å². The molecule has 0 radical (unpaired) electrons. The van der Waals surface area contributed by atoms with Gasteiger partial charge in [-0.15, -0.1) is 0 Å². The molecule has 0 fully saturated rings. The van der Waals surface area contributed by atoms with Crippen LogP contribution < -0.4 is 0 Å². The van der Waals surface area contributed by atoms with E-state index in [-0.39, 0.29) is 12.7 Å². The maximum absolute atomic E-state index is 10.2. The zero-order chi connectivity index (χ0) is 11.5. The molecule has 0 aliphatic rings. The standard InChI is InChI=1S/C11H22O4/c1-3-4-5-6-7-8-10(14-2)9-15-11(12)13/h10H,3-9H2,1-2H3,(H,12,13). The highest BCUT2D eigenvalue weighted by molar-refractivity contribution is 5.56. The van der Waals surface area contributed by atoms with Gasteiger partial charge in [-0.2, -0.15) is 0 Å². The molecule has 0 saturated carbocycles. The average molecular weight is 218 g/mol. The Morgan fingerprint density at radius 3 is 2.47 bits per heavy atom. The zero-order valence-electron chi connectivity index (χ0n) is 9.70. The topological polar surface area (TPSA) is 55.8 Å². The molecule has 4 nitrogen and oxygen atoms in total. The smallest absolute Gasteiger partial charge is 0.450 e. The number of unbranched alkanes of at least 4 members (excludes halogenated alkanes) is 4. The highest BCUT2D eigenvalue weighted by atomic mass is 16.7. The van der Waals surface area contributed by atoms with Crippen molar-refractivity contribution in [1.82, 2.24) is 0 Å². The van der Waals surface area contributed by atoms with E-state index in [1.54, 1.807) is 7.11 Å². The molecule has 0 rings (SSSR count). The highest BCUT2D eigenvalue weighted by Gasteiger charge is 2.09. The summed E-state index contributed by atoms with van der Waals surface area (Å²) in [5.41, 5.74) is 0. The third-order valence-corrected chi connectivity index (χ3v) is 2.36. The van der Waals surface area contributed by atoms with Gasteiger partial charge in [-0.3, -0.25) is 0 Å². The Balaban J connectivity index is 3.40. The summed E-state index contributed by atoms with van der Waals surface area (Å²) in [7, 11) is 1.59. The summed E-state index contributed by atoms with van der Waals surface area (Å²) in [6.07, 6.45) is 5.53. The third kappa shape index (κ3) is 9.53.